The van der Waals surface area contributed by atoms with E-state index < -0.39 is 10.0 Å². The molecule has 1 aliphatic heterocycles. The highest BCUT2D eigenvalue weighted by Crippen LogP contribution is 2.20. The summed E-state index contributed by atoms with van der Waals surface area (Å²) in [6.45, 7) is 7.02. The maximum absolute atomic E-state index is 12.1. The molecular formula is C15H26N2O2S2. The highest BCUT2D eigenvalue weighted by molar-refractivity contribution is 7.91. The molecule has 1 aliphatic rings. The maximum atomic E-state index is 12.1. The van der Waals surface area contributed by atoms with E-state index in [0.29, 0.717) is 16.8 Å². The largest absolute Gasteiger partial charge is 0.301 e. The molecule has 0 amide bonds. The summed E-state index contributed by atoms with van der Waals surface area (Å²) in [5.74, 6) is 0. The van der Waals surface area contributed by atoms with Crippen LogP contribution in [0.15, 0.2) is 16.3 Å². The average Bonchev–Trinajstić information content (AvgIpc) is 2.88. The summed E-state index contributed by atoms with van der Waals surface area (Å²) in [7, 11) is -3.30. The van der Waals surface area contributed by atoms with Gasteiger partial charge < -0.3 is 4.90 Å². The van der Waals surface area contributed by atoms with E-state index in [0.717, 1.165) is 24.3 Å². The third kappa shape index (κ3) is 5.06. The molecule has 1 aromatic heterocycles. The molecule has 4 nitrogen and oxygen atoms in total. The summed E-state index contributed by atoms with van der Waals surface area (Å²) in [5.41, 5.74) is 0. The van der Waals surface area contributed by atoms with E-state index in [1.807, 2.05) is 13.0 Å². The number of thiophene rings is 1. The number of nitrogens with zero attached hydrogens (tertiary/aromatic N) is 1. The van der Waals surface area contributed by atoms with Crippen LogP contribution >= 0.6 is 11.3 Å². The molecule has 1 fully saturated rings. The topological polar surface area (TPSA) is 49.4 Å². The van der Waals surface area contributed by atoms with Gasteiger partial charge in [0.15, 0.2) is 0 Å². The first-order chi connectivity index (χ1) is 9.99. The second kappa shape index (κ2) is 7.72. The Balaban J connectivity index is 1.67. The Morgan fingerprint density at radius 2 is 2.14 bits per heavy atom. The predicted molar refractivity (Wildman–Crippen MR) is 88.4 cm³/mol. The van der Waals surface area contributed by atoms with Crippen molar-refractivity contribution in [3.05, 3.63) is 17.0 Å². The quantitative estimate of drug-likeness (QED) is 0.782. The zero-order valence-corrected chi connectivity index (χ0v) is 14.6. The number of nitrogens with one attached hydrogen (secondary N) is 1. The Morgan fingerprint density at radius 3 is 2.81 bits per heavy atom. The van der Waals surface area contributed by atoms with Crippen LogP contribution in [0.1, 0.15) is 43.9 Å². The molecule has 0 unspecified atom stereocenters. The van der Waals surface area contributed by atoms with Gasteiger partial charge >= 0.3 is 0 Å². The lowest BCUT2D eigenvalue weighted by molar-refractivity contribution is 0.158. The van der Waals surface area contributed by atoms with Crippen molar-refractivity contribution in [1.29, 1.82) is 0 Å². The fourth-order valence-corrected chi connectivity index (χ4v) is 5.17. The molecule has 0 aromatic carbocycles. The number of likely N-dealkylation sites (tertiary alicyclic amines) is 1. The van der Waals surface area contributed by atoms with E-state index in [9.17, 15) is 8.42 Å². The van der Waals surface area contributed by atoms with Crippen LogP contribution in [0.5, 0.6) is 0 Å². The summed E-state index contributed by atoms with van der Waals surface area (Å²) in [5, 5.41) is 0. The molecule has 6 heteroatoms. The van der Waals surface area contributed by atoms with Crippen LogP contribution in [0.4, 0.5) is 0 Å². The summed E-state index contributed by atoms with van der Waals surface area (Å²) in [6.07, 6.45) is 5.89. The van der Waals surface area contributed by atoms with Crippen LogP contribution < -0.4 is 4.72 Å². The molecule has 2 heterocycles. The van der Waals surface area contributed by atoms with Gasteiger partial charge in [-0.3, -0.25) is 0 Å². The minimum atomic E-state index is -3.30. The Labute approximate surface area is 132 Å². The van der Waals surface area contributed by atoms with Gasteiger partial charge in [-0.2, -0.15) is 0 Å². The SMILES string of the molecule is Cc1ccc(S(=O)(=O)NCCCCN2CCCC[C@@H]2C)s1. The molecule has 1 N–H and O–H groups in total. The molecule has 1 saturated heterocycles. The summed E-state index contributed by atoms with van der Waals surface area (Å²) in [6, 6.07) is 4.21. The lowest BCUT2D eigenvalue weighted by Gasteiger charge is -2.33. The van der Waals surface area contributed by atoms with E-state index >= 15 is 0 Å². The molecule has 2 rings (SSSR count). The minimum Gasteiger partial charge on any atom is -0.301 e. The van der Waals surface area contributed by atoms with Gasteiger partial charge in [-0.1, -0.05) is 6.42 Å². The monoisotopic (exact) mass is 330 g/mol. The normalized spacial score (nSPS) is 20.8. The lowest BCUT2D eigenvalue weighted by atomic mass is 10.0. The van der Waals surface area contributed by atoms with E-state index in [-0.39, 0.29) is 0 Å². The van der Waals surface area contributed by atoms with Gasteiger partial charge in [-0.15, -0.1) is 11.3 Å². The van der Waals surface area contributed by atoms with Crippen molar-refractivity contribution >= 4 is 21.4 Å². The number of aryl methyl sites for hydroxylation is 1. The third-order valence-electron chi connectivity index (χ3n) is 4.09. The van der Waals surface area contributed by atoms with Crippen molar-refractivity contribution in [2.24, 2.45) is 0 Å². The van der Waals surface area contributed by atoms with Gasteiger partial charge in [0.1, 0.15) is 4.21 Å². The first-order valence-corrected chi connectivity index (χ1v) is 10.1. The standard InChI is InChI=1S/C15H26N2O2S2/c1-13-7-3-5-11-17(13)12-6-4-10-16-21(18,19)15-9-8-14(2)20-15/h8-9,13,16H,3-7,10-12H2,1-2H3/t13-/m0/s1. The number of piperidine rings is 1. The Kier molecular flexibility index (Phi) is 6.22. The van der Waals surface area contributed by atoms with Crippen molar-refractivity contribution in [1.82, 2.24) is 9.62 Å². The third-order valence-corrected chi connectivity index (χ3v) is 7.04. The number of hydrogen-bond donors (Lipinski definition) is 1. The molecule has 0 radical (unpaired) electrons. The molecule has 120 valence electrons. The highest BCUT2D eigenvalue weighted by atomic mass is 32.2. The number of hydrogen-bond acceptors (Lipinski definition) is 4. The van der Waals surface area contributed by atoms with Crippen molar-refractivity contribution in [2.45, 2.75) is 56.2 Å². The summed E-state index contributed by atoms with van der Waals surface area (Å²) < 4.78 is 27.2. The first kappa shape index (κ1) is 16.9. The molecule has 1 atom stereocenters. The second-order valence-corrected chi connectivity index (χ2v) is 9.13. The van der Waals surface area contributed by atoms with Crippen LogP contribution in [-0.4, -0.2) is 39.0 Å². The minimum absolute atomic E-state index is 0.421. The Morgan fingerprint density at radius 1 is 1.33 bits per heavy atom. The molecule has 21 heavy (non-hydrogen) atoms. The van der Waals surface area contributed by atoms with Crippen molar-refractivity contribution in [3.8, 4) is 0 Å². The van der Waals surface area contributed by atoms with Gasteiger partial charge in [-0.05, 0) is 64.8 Å². The fourth-order valence-electron chi connectivity index (χ4n) is 2.76. The van der Waals surface area contributed by atoms with E-state index in [1.54, 1.807) is 6.07 Å². The van der Waals surface area contributed by atoms with Gasteiger partial charge in [0.2, 0.25) is 10.0 Å². The number of sulfonamides is 1. The summed E-state index contributed by atoms with van der Waals surface area (Å²) >= 11 is 1.32. The van der Waals surface area contributed by atoms with Gasteiger partial charge in [0.05, 0.1) is 0 Å². The van der Waals surface area contributed by atoms with Gasteiger partial charge in [0.25, 0.3) is 0 Å². The number of rotatable bonds is 7. The van der Waals surface area contributed by atoms with Crippen LogP contribution in [0, 0.1) is 6.92 Å². The van der Waals surface area contributed by atoms with Crippen LogP contribution in [-0.2, 0) is 10.0 Å². The molecule has 0 saturated carbocycles. The zero-order valence-electron chi connectivity index (χ0n) is 13.0. The van der Waals surface area contributed by atoms with Gasteiger partial charge in [0, 0.05) is 17.5 Å². The van der Waals surface area contributed by atoms with Crippen LogP contribution in [0.3, 0.4) is 0 Å². The van der Waals surface area contributed by atoms with E-state index in [1.165, 1.54) is 37.1 Å². The second-order valence-electron chi connectivity index (χ2n) is 5.85. The highest BCUT2D eigenvalue weighted by Gasteiger charge is 2.18. The van der Waals surface area contributed by atoms with Crippen LogP contribution in [0.2, 0.25) is 0 Å². The molecule has 0 bridgehead atoms. The van der Waals surface area contributed by atoms with Crippen molar-refractivity contribution < 1.29 is 8.42 Å². The maximum Gasteiger partial charge on any atom is 0.250 e. The molecule has 1 aromatic rings. The zero-order chi connectivity index (χ0) is 15.3. The lowest BCUT2D eigenvalue weighted by Crippen LogP contribution is -2.38. The van der Waals surface area contributed by atoms with E-state index in [2.05, 4.69) is 16.5 Å². The van der Waals surface area contributed by atoms with Crippen molar-refractivity contribution in [3.63, 3.8) is 0 Å². The van der Waals surface area contributed by atoms with Gasteiger partial charge in [-0.25, -0.2) is 13.1 Å². The first-order valence-electron chi connectivity index (χ1n) is 7.79. The molecule has 0 spiro atoms. The Bertz CT molecular complexity index is 540. The Hall–Kier alpha value is -0.430. The van der Waals surface area contributed by atoms with E-state index in [4.69, 9.17) is 0 Å². The predicted octanol–water partition coefficient (Wildman–Crippen LogP) is 2.99. The van der Waals surface area contributed by atoms with Crippen LogP contribution in [0.25, 0.3) is 0 Å². The molecular weight excluding hydrogens is 304 g/mol. The fraction of sp³-hybridized carbons (Fsp3) is 0.733. The van der Waals surface area contributed by atoms with Crippen molar-refractivity contribution in [2.75, 3.05) is 19.6 Å². The smallest absolute Gasteiger partial charge is 0.250 e. The molecule has 0 aliphatic carbocycles. The summed E-state index contributed by atoms with van der Waals surface area (Å²) in [4.78, 5) is 3.55. The average molecular weight is 331 g/mol. The number of unbranched alkanes of at least 4 members (excludes halogenated alkanes) is 1.